The predicted octanol–water partition coefficient (Wildman–Crippen LogP) is 1.21. The Morgan fingerprint density at radius 2 is 2.20 bits per heavy atom. The van der Waals surface area contributed by atoms with Crippen LogP contribution in [0.25, 0.3) is 0 Å². The van der Waals surface area contributed by atoms with Crippen LogP contribution in [-0.2, 0) is 9.59 Å². The lowest BCUT2D eigenvalue weighted by Crippen LogP contribution is -2.48. The van der Waals surface area contributed by atoms with Gasteiger partial charge in [-0.2, -0.15) is 11.8 Å². The Morgan fingerprint density at radius 1 is 1.47 bits per heavy atom. The van der Waals surface area contributed by atoms with Crippen molar-refractivity contribution >= 4 is 23.6 Å². The molecule has 86 valence electrons. The van der Waals surface area contributed by atoms with Crippen molar-refractivity contribution in [3.8, 4) is 0 Å². The lowest BCUT2D eigenvalue weighted by atomic mass is 10.0. The highest BCUT2D eigenvalue weighted by Crippen LogP contribution is 2.18. The minimum absolute atomic E-state index is 0.0172. The Balaban J connectivity index is 2.55. The van der Waals surface area contributed by atoms with Crippen molar-refractivity contribution in [1.82, 2.24) is 4.90 Å². The van der Waals surface area contributed by atoms with Crippen LogP contribution in [0.3, 0.4) is 0 Å². The molecule has 1 aliphatic heterocycles. The highest BCUT2D eigenvalue weighted by Gasteiger charge is 2.31. The lowest BCUT2D eigenvalue weighted by molar-refractivity contribution is -0.151. The lowest BCUT2D eigenvalue weighted by Gasteiger charge is -2.32. The second-order valence-corrected chi connectivity index (χ2v) is 4.67. The van der Waals surface area contributed by atoms with Gasteiger partial charge in [-0.1, -0.05) is 0 Å². The van der Waals surface area contributed by atoms with Crippen molar-refractivity contribution < 1.29 is 14.7 Å². The molecule has 1 amide bonds. The summed E-state index contributed by atoms with van der Waals surface area (Å²) in [6.45, 7) is 0.601. The number of aliphatic carboxylic acids is 1. The van der Waals surface area contributed by atoms with E-state index in [2.05, 4.69) is 0 Å². The molecule has 0 aromatic rings. The van der Waals surface area contributed by atoms with Gasteiger partial charge in [0.05, 0.1) is 0 Å². The van der Waals surface area contributed by atoms with Crippen LogP contribution < -0.4 is 0 Å². The van der Waals surface area contributed by atoms with Gasteiger partial charge in [-0.15, -0.1) is 0 Å². The zero-order valence-corrected chi connectivity index (χ0v) is 9.76. The maximum absolute atomic E-state index is 11.7. The molecule has 1 saturated heterocycles. The van der Waals surface area contributed by atoms with Crippen LogP contribution in [0.2, 0.25) is 0 Å². The first kappa shape index (κ1) is 12.4. The zero-order valence-electron chi connectivity index (χ0n) is 8.94. The van der Waals surface area contributed by atoms with Crippen molar-refractivity contribution in [3.63, 3.8) is 0 Å². The monoisotopic (exact) mass is 231 g/mol. The normalized spacial score (nSPS) is 21.4. The van der Waals surface area contributed by atoms with Crippen LogP contribution in [0.15, 0.2) is 0 Å². The molecule has 0 bridgehead atoms. The molecule has 0 radical (unpaired) electrons. The van der Waals surface area contributed by atoms with Gasteiger partial charge in [-0.25, -0.2) is 4.79 Å². The standard InChI is InChI=1S/C10H17NO3S/c1-15-7-5-9(12)11-6-3-2-4-8(11)10(13)14/h8H,2-7H2,1H3,(H,13,14)/t8-/m1/s1. The number of carboxylic acid groups (broad SMARTS) is 1. The summed E-state index contributed by atoms with van der Waals surface area (Å²) in [5, 5.41) is 8.98. The summed E-state index contributed by atoms with van der Waals surface area (Å²) in [5.41, 5.74) is 0. The molecule has 5 heteroatoms. The molecule has 1 aliphatic rings. The van der Waals surface area contributed by atoms with Gasteiger partial charge >= 0.3 is 5.97 Å². The van der Waals surface area contributed by atoms with E-state index in [4.69, 9.17) is 5.11 Å². The summed E-state index contributed by atoms with van der Waals surface area (Å²) >= 11 is 1.61. The van der Waals surface area contributed by atoms with Gasteiger partial charge in [0.2, 0.25) is 5.91 Å². The van der Waals surface area contributed by atoms with Gasteiger partial charge in [0.15, 0.2) is 0 Å². The number of hydrogen-bond donors (Lipinski definition) is 1. The second kappa shape index (κ2) is 6.00. The van der Waals surface area contributed by atoms with Gasteiger partial charge in [-0.05, 0) is 25.5 Å². The molecule has 0 unspecified atom stereocenters. The molecule has 1 atom stereocenters. The highest BCUT2D eigenvalue weighted by molar-refractivity contribution is 7.98. The summed E-state index contributed by atoms with van der Waals surface area (Å²) in [5.74, 6) is -0.120. The fourth-order valence-electron chi connectivity index (χ4n) is 1.82. The Kier molecular flexibility index (Phi) is 4.94. The number of rotatable bonds is 4. The minimum Gasteiger partial charge on any atom is -0.480 e. The van der Waals surface area contributed by atoms with Crippen LogP contribution in [-0.4, -0.2) is 46.5 Å². The van der Waals surface area contributed by atoms with Crippen molar-refractivity contribution in [3.05, 3.63) is 0 Å². The molecule has 0 aromatic carbocycles. The number of nitrogens with zero attached hydrogens (tertiary/aromatic N) is 1. The molecule has 0 spiro atoms. The molecular weight excluding hydrogens is 214 g/mol. The van der Waals surface area contributed by atoms with E-state index in [1.165, 1.54) is 4.90 Å². The van der Waals surface area contributed by atoms with Gasteiger partial charge < -0.3 is 10.0 Å². The fourth-order valence-corrected chi connectivity index (χ4v) is 2.20. The van der Waals surface area contributed by atoms with E-state index in [-0.39, 0.29) is 5.91 Å². The molecule has 0 aliphatic carbocycles. The van der Waals surface area contributed by atoms with Crippen LogP contribution >= 0.6 is 11.8 Å². The maximum Gasteiger partial charge on any atom is 0.326 e. The van der Waals surface area contributed by atoms with E-state index in [1.54, 1.807) is 11.8 Å². The molecule has 1 fully saturated rings. The Morgan fingerprint density at radius 3 is 2.80 bits per heavy atom. The van der Waals surface area contributed by atoms with E-state index >= 15 is 0 Å². The van der Waals surface area contributed by atoms with Crippen LogP contribution in [0.1, 0.15) is 25.7 Å². The minimum atomic E-state index is -0.868. The van der Waals surface area contributed by atoms with Crippen molar-refractivity contribution in [2.75, 3.05) is 18.6 Å². The Bertz CT molecular complexity index is 245. The van der Waals surface area contributed by atoms with Gasteiger partial charge in [0.25, 0.3) is 0 Å². The Hall–Kier alpha value is -0.710. The number of amides is 1. The van der Waals surface area contributed by atoms with E-state index in [9.17, 15) is 9.59 Å². The van der Waals surface area contributed by atoms with Crippen molar-refractivity contribution in [2.45, 2.75) is 31.7 Å². The molecule has 4 nitrogen and oxygen atoms in total. The Labute approximate surface area is 94.0 Å². The molecule has 1 N–H and O–H groups in total. The smallest absolute Gasteiger partial charge is 0.326 e. The third-order valence-electron chi connectivity index (χ3n) is 2.63. The number of carbonyl (C=O) groups excluding carboxylic acids is 1. The molecule has 1 rings (SSSR count). The largest absolute Gasteiger partial charge is 0.480 e. The topological polar surface area (TPSA) is 57.6 Å². The van der Waals surface area contributed by atoms with Gasteiger partial charge in [-0.3, -0.25) is 4.79 Å². The number of likely N-dealkylation sites (tertiary alicyclic amines) is 1. The summed E-state index contributed by atoms with van der Waals surface area (Å²) in [4.78, 5) is 24.2. The summed E-state index contributed by atoms with van der Waals surface area (Å²) in [6, 6.07) is -0.590. The molecular formula is C10H17NO3S. The van der Waals surface area contributed by atoms with Crippen LogP contribution in [0.4, 0.5) is 0 Å². The zero-order chi connectivity index (χ0) is 11.3. The van der Waals surface area contributed by atoms with Crippen LogP contribution in [0.5, 0.6) is 0 Å². The predicted molar refractivity (Wildman–Crippen MR) is 60.0 cm³/mol. The number of carbonyl (C=O) groups is 2. The molecule has 0 aromatic heterocycles. The first-order chi connectivity index (χ1) is 7.16. The van der Waals surface area contributed by atoms with E-state index in [0.29, 0.717) is 19.4 Å². The third kappa shape index (κ3) is 3.41. The van der Waals surface area contributed by atoms with E-state index in [0.717, 1.165) is 18.6 Å². The second-order valence-electron chi connectivity index (χ2n) is 3.68. The average Bonchev–Trinajstić information content (AvgIpc) is 2.25. The molecule has 15 heavy (non-hydrogen) atoms. The maximum atomic E-state index is 11.7. The third-order valence-corrected chi connectivity index (χ3v) is 3.24. The van der Waals surface area contributed by atoms with Crippen molar-refractivity contribution in [2.24, 2.45) is 0 Å². The SMILES string of the molecule is CSCCC(=O)N1CCCC[C@@H]1C(=O)O. The summed E-state index contributed by atoms with van der Waals surface area (Å²) in [7, 11) is 0. The average molecular weight is 231 g/mol. The van der Waals surface area contributed by atoms with E-state index < -0.39 is 12.0 Å². The number of piperidine rings is 1. The quantitative estimate of drug-likeness (QED) is 0.790. The summed E-state index contributed by atoms with van der Waals surface area (Å²) in [6.07, 6.45) is 4.82. The molecule has 0 saturated carbocycles. The van der Waals surface area contributed by atoms with Gasteiger partial charge in [0.1, 0.15) is 6.04 Å². The number of thioether (sulfide) groups is 1. The highest BCUT2D eigenvalue weighted by atomic mass is 32.2. The van der Waals surface area contributed by atoms with Crippen LogP contribution in [0, 0.1) is 0 Å². The first-order valence-electron chi connectivity index (χ1n) is 5.18. The first-order valence-corrected chi connectivity index (χ1v) is 6.57. The van der Waals surface area contributed by atoms with Gasteiger partial charge in [0, 0.05) is 18.7 Å². The fraction of sp³-hybridized carbons (Fsp3) is 0.800. The summed E-state index contributed by atoms with van der Waals surface area (Å²) < 4.78 is 0. The number of carboxylic acids is 1. The number of hydrogen-bond acceptors (Lipinski definition) is 3. The van der Waals surface area contributed by atoms with Crippen molar-refractivity contribution in [1.29, 1.82) is 0 Å². The van der Waals surface area contributed by atoms with E-state index in [1.807, 2.05) is 6.26 Å². The molecule has 1 heterocycles.